The van der Waals surface area contributed by atoms with Crippen LogP contribution in [-0.2, 0) is 18.0 Å². The van der Waals surface area contributed by atoms with Crippen LogP contribution in [0.4, 0.5) is 0 Å². The van der Waals surface area contributed by atoms with Crippen molar-refractivity contribution in [1.29, 1.82) is 0 Å². The number of aliphatic hydroxyl groups excluding tert-OH is 1. The Balaban J connectivity index is 2.49. The molecule has 2 aromatic rings. The molecule has 0 aliphatic heterocycles. The summed E-state index contributed by atoms with van der Waals surface area (Å²) in [5.41, 5.74) is 1.19. The highest BCUT2D eigenvalue weighted by atomic mass is 35.5. The first-order valence-electron chi connectivity index (χ1n) is 5.05. The SMILES string of the molecule is COCc1nn(-c2ccccn2)c(Cl)c1CO. The number of pyridine rings is 1. The highest BCUT2D eigenvalue weighted by Crippen LogP contribution is 2.23. The van der Waals surface area contributed by atoms with Crippen LogP contribution in [0.1, 0.15) is 11.3 Å². The first kappa shape index (κ1) is 12.0. The van der Waals surface area contributed by atoms with Gasteiger partial charge in [0.25, 0.3) is 0 Å². The highest BCUT2D eigenvalue weighted by Gasteiger charge is 2.16. The molecule has 0 aromatic carbocycles. The van der Waals surface area contributed by atoms with E-state index < -0.39 is 0 Å². The van der Waals surface area contributed by atoms with Gasteiger partial charge in [-0.25, -0.2) is 9.67 Å². The average molecular weight is 254 g/mol. The van der Waals surface area contributed by atoms with Crippen LogP contribution in [0.2, 0.25) is 5.15 Å². The van der Waals surface area contributed by atoms with E-state index in [1.807, 2.05) is 12.1 Å². The second-order valence-corrected chi connectivity index (χ2v) is 3.76. The van der Waals surface area contributed by atoms with Crippen LogP contribution < -0.4 is 0 Å². The van der Waals surface area contributed by atoms with E-state index in [1.54, 1.807) is 19.4 Å². The number of aliphatic hydroxyl groups is 1. The number of methoxy groups -OCH3 is 1. The van der Waals surface area contributed by atoms with Gasteiger partial charge in [0, 0.05) is 18.9 Å². The largest absolute Gasteiger partial charge is 0.391 e. The number of hydrogen-bond acceptors (Lipinski definition) is 4. The zero-order valence-electron chi connectivity index (χ0n) is 9.30. The summed E-state index contributed by atoms with van der Waals surface area (Å²) in [5.74, 6) is 0.606. The van der Waals surface area contributed by atoms with Crippen molar-refractivity contribution in [3.8, 4) is 5.82 Å². The molecule has 2 aromatic heterocycles. The molecule has 2 rings (SSSR count). The zero-order chi connectivity index (χ0) is 12.3. The minimum absolute atomic E-state index is 0.176. The monoisotopic (exact) mass is 253 g/mol. The fraction of sp³-hybridized carbons (Fsp3) is 0.273. The van der Waals surface area contributed by atoms with Gasteiger partial charge in [-0.1, -0.05) is 17.7 Å². The summed E-state index contributed by atoms with van der Waals surface area (Å²) in [6.45, 7) is 0.125. The Labute approximate surface area is 104 Å². The van der Waals surface area contributed by atoms with E-state index in [4.69, 9.17) is 16.3 Å². The lowest BCUT2D eigenvalue weighted by molar-refractivity contribution is 0.178. The first-order chi connectivity index (χ1) is 8.27. The molecule has 0 unspecified atom stereocenters. The Morgan fingerprint density at radius 2 is 2.29 bits per heavy atom. The normalized spacial score (nSPS) is 10.8. The van der Waals surface area contributed by atoms with Gasteiger partial charge >= 0.3 is 0 Å². The molecule has 90 valence electrons. The van der Waals surface area contributed by atoms with E-state index in [0.29, 0.717) is 28.8 Å². The standard InChI is InChI=1S/C11H12ClN3O2/c1-17-7-9-8(6-16)11(12)15(14-9)10-4-2-3-5-13-10/h2-5,16H,6-7H2,1H3. The van der Waals surface area contributed by atoms with E-state index in [1.165, 1.54) is 4.68 Å². The summed E-state index contributed by atoms with van der Waals surface area (Å²) < 4.78 is 6.50. The molecule has 6 heteroatoms. The van der Waals surface area contributed by atoms with Crippen LogP contribution in [0.15, 0.2) is 24.4 Å². The Morgan fingerprint density at radius 1 is 1.47 bits per heavy atom. The Bertz CT molecular complexity index is 499. The zero-order valence-corrected chi connectivity index (χ0v) is 10.1. The lowest BCUT2D eigenvalue weighted by atomic mass is 10.3. The van der Waals surface area contributed by atoms with E-state index in [-0.39, 0.29) is 6.61 Å². The lowest BCUT2D eigenvalue weighted by Crippen LogP contribution is -2.00. The predicted octanol–water partition coefficient (Wildman–Crippen LogP) is 1.56. The predicted molar refractivity (Wildman–Crippen MR) is 63.0 cm³/mol. The summed E-state index contributed by atoms with van der Waals surface area (Å²) in [7, 11) is 1.56. The maximum Gasteiger partial charge on any atom is 0.155 e. The van der Waals surface area contributed by atoms with Gasteiger partial charge in [-0.15, -0.1) is 0 Å². The van der Waals surface area contributed by atoms with Crippen molar-refractivity contribution in [2.75, 3.05) is 7.11 Å². The van der Waals surface area contributed by atoms with Crippen molar-refractivity contribution >= 4 is 11.6 Å². The second kappa shape index (κ2) is 5.27. The van der Waals surface area contributed by atoms with Crippen LogP contribution in [0.25, 0.3) is 5.82 Å². The Morgan fingerprint density at radius 3 is 2.88 bits per heavy atom. The van der Waals surface area contributed by atoms with Crippen molar-refractivity contribution in [2.24, 2.45) is 0 Å². The fourth-order valence-corrected chi connectivity index (χ4v) is 1.81. The molecule has 1 N–H and O–H groups in total. The molecular formula is C11H12ClN3O2. The first-order valence-corrected chi connectivity index (χ1v) is 5.43. The van der Waals surface area contributed by atoms with Crippen LogP contribution in [0, 0.1) is 0 Å². The van der Waals surface area contributed by atoms with Gasteiger partial charge in [-0.3, -0.25) is 0 Å². The van der Waals surface area contributed by atoms with Crippen LogP contribution >= 0.6 is 11.6 Å². The van der Waals surface area contributed by atoms with Crippen LogP contribution in [0.5, 0.6) is 0 Å². The number of ether oxygens (including phenoxy) is 1. The van der Waals surface area contributed by atoms with Gasteiger partial charge < -0.3 is 9.84 Å². The fourth-order valence-electron chi connectivity index (χ4n) is 1.51. The summed E-state index contributed by atoms with van der Waals surface area (Å²) in [6, 6.07) is 5.44. The summed E-state index contributed by atoms with van der Waals surface area (Å²) in [4.78, 5) is 4.15. The number of aromatic nitrogens is 3. The summed E-state index contributed by atoms with van der Waals surface area (Å²) >= 11 is 6.14. The molecule has 0 fully saturated rings. The molecule has 0 spiro atoms. The van der Waals surface area contributed by atoms with Crippen LogP contribution in [0.3, 0.4) is 0 Å². The van der Waals surface area contributed by atoms with Gasteiger partial charge in [-0.05, 0) is 12.1 Å². The van der Waals surface area contributed by atoms with Crippen molar-refractivity contribution in [3.05, 3.63) is 40.8 Å². The van der Waals surface area contributed by atoms with E-state index in [0.717, 1.165) is 0 Å². The van der Waals surface area contributed by atoms with E-state index in [2.05, 4.69) is 10.1 Å². The average Bonchev–Trinajstić information content (AvgIpc) is 2.67. The Kier molecular flexibility index (Phi) is 3.73. The minimum Gasteiger partial charge on any atom is -0.391 e. The van der Waals surface area contributed by atoms with Crippen molar-refractivity contribution in [2.45, 2.75) is 13.2 Å². The third-order valence-corrected chi connectivity index (χ3v) is 2.70. The minimum atomic E-state index is -0.176. The molecule has 5 nitrogen and oxygen atoms in total. The lowest BCUT2D eigenvalue weighted by Gasteiger charge is -2.00. The molecule has 0 amide bonds. The second-order valence-electron chi connectivity index (χ2n) is 3.41. The number of halogens is 1. The molecule has 0 bridgehead atoms. The number of rotatable bonds is 4. The van der Waals surface area contributed by atoms with Crippen LogP contribution in [-0.4, -0.2) is 27.0 Å². The third-order valence-electron chi connectivity index (χ3n) is 2.31. The number of hydrogen-bond donors (Lipinski definition) is 1. The molecule has 0 saturated heterocycles. The quantitative estimate of drug-likeness (QED) is 0.898. The van der Waals surface area contributed by atoms with E-state index in [9.17, 15) is 5.11 Å². The van der Waals surface area contributed by atoms with Gasteiger partial charge in [-0.2, -0.15) is 5.10 Å². The molecular weight excluding hydrogens is 242 g/mol. The summed E-state index contributed by atoms with van der Waals surface area (Å²) in [6.07, 6.45) is 1.65. The summed E-state index contributed by atoms with van der Waals surface area (Å²) in [5, 5.41) is 13.9. The maximum absolute atomic E-state index is 9.27. The molecule has 0 radical (unpaired) electrons. The van der Waals surface area contributed by atoms with Gasteiger partial charge in [0.2, 0.25) is 0 Å². The van der Waals surface area contributed by atoms with Gasteiger partial charge in [0.1, 0.15) is 5.15 Å². The van der Waals surface area contributed by atoms with Crippen molar-refractivity contribution < 1.29 is 9.84 Å². The molecule has 0 atom stereocenters. The highest BCUT2D eigenvalue weighted by molar-refractivity contribution is 6.30. The van der Waals surface area contributed by atoms with Crippen molar-refractivity contribution in [1.82, 2.24) is 14.8 Å². The smallest absolute Gasteiger partial charge is 0.155 e. The molecule has 0 aliphatic rings. The molecule has 0 aliphatic carbocycles. The van der Waals surface area contributed by atoms with Gasteiger partial charge in [0.15, 0.2) is 5.82 Å². The van der Waals surface area contributed by atoms with E-state index >= 15 is 0 Å². The van der Waals surface area contributed by atoms with Crippen molar-refractivity contribution in [3.63, 3.8) is 0 Å². The molecule has 2 heterocycles. The molecule has 17 heavy (non-hydrogen) atoms. The Hall–Kier alpha value is -1.43. The number of nitrogens with zero attached hydrogens (tertiary/aromatic N) is 3. The molecule has 0 saturated carbocycles. The third kappa shape index (κ3) is 2.31. The van der Waals surface area contributed by atoms with Gasteiger partial charge in [0.05, 0.1) is 18.9 Å². The topological polar surface area (TPSA) is 60.2 Å². The maximum atomic E-state index is 9.27.